The predicted molar refractivity (Wildman–Crippen MR) is 100 cm³/mol. The van der Waals surface area contributed by atoms with Gasteiger partial charge in [-0.05, 0) is 29.8 Å². The van der Waals surface area contributed by atoms with Gasteiger partial charge in [0.15, 0.2) is 0 Å². The minimum atomic E-state index is -0.231. The standard InChI is InChI=1S/C20H18N4O3/c1-14(25)24-18-11-19(23-13-22-18)27-17-9-7-16(8-10-17)20(26)21-12-15-5-3-2-4-6-15/h2-11,13H,12H2,1H3,(H,21,26)(H,22,23,24,25). The number of amides is 2. The molecule has 0 atom stereocenters. The molecule has 2 N–H and O–H groups in total. The summed E-state index contributed by atoms with van der Waals surface area (Å²) in [5.41, 5.74) is 1.56. The summed E-state index contributed by atoms with van der Waals surface area (Å²) in [5, 5.41) is 5.43. The average molecular weight is 362 g/mol. The van der Waals surface area contributed by atoms with E-state index in [1.165, 1.54) is 19.3 Å². The molecular weight excluding hydrogens is 344 g/mol. The maximum absolute atomic E-state index is 12.2. The summed E-state index contributed by atoms with van der Waals surface area (Å²) in [7, 11) is 0. The van der Waals surface area contributed by atoms with Gasteiger partial charge in [0.2, 0.25) is 11.8 Å². The molecule has 0 unspecified atom stereocenters. The van der Waals surface area contributed by atoms with Gasteiger partial charge in [-0.25, -0.2) is 9.97 Å². The van der Waals surface area contributed by atoms with Crippen molar-refractivity contribution in [1.82, 2.24) is 15.3 Å². The Bertz CT molecular complexity index is 927. The van der Waals surface area contributed by atoms with E-state index in [1.54, 1.807) is 24.3 Å². The number of rotatable bonds is 6. The number of nitrogens with one attached hydrogen (secondary N) is 2. The van der Waals surface area contributed by atoms with Crippen molar-refractivity contribution >= 4 is 17.6 Å². The summed E-state index contributed by atoms with van der Waals surface area (Å²) in [6.07, 6.45) is 1.30. The highest BCUT2D eigenvalue weighted by atomic mass is 16.5. The lowest BCUT2D eigenvalue weighted by atomic mass is 10.2. The number of benzene rings is 2. The molecule has 0 bridgehead atoms. The van der Waals surface area contributed by atoms with E-state index in [-0.39, 0.29) is 17.7 Å². The second-order valence-electron chi connectivity index (χ2n) is 5.72. The van der Waals surface area contributed by atoms with Crippen LogP contribution in [-0.4, -0.2) is 21.8 Å². The maximum Gasteiger partial charge on any atom is 0.251 e. The van der Waals surface area contributed by atoms with Crippen LogP contribution in [0.15, 0.2) is 67.0 Å². The van der Waals surface area contributed by atoms with Crippen LogP contribution >= 0.6 is 0 Å². The van der Waals surface area contributed by atoms with Crippen molar-refractivity contribution in [3.63, 3.8) is 0 Å². The molecule has 0 radical (unpaired) electrons. The van der Waals surface area contributed by atoms with Gasteiger partial charge in [0.25, 0.3) is 5.91 Å². The smallest absolute Gasteiger partial charge is 0.251 e. The van der Waals surface area contributed by atoms with Crippen molar-refractivity contribution in [2.75, 3.05) is 5.32 Å². The molecule has 0 saturated heterocycles. The predicted octanol–water partition coefficient (Wildman–Crippen LogP) is 3.16. The van der Waals surface area contributed by atoms with E-state index in [2.05, 4.69) is 20.6 Å². The monoisotopic (exact) mass is 362 g/mol. The molecule has 3 rings (SSSR count). The molecule has 7 heteroatoms. The van der Waals surface area contributed by atoms with E-state index in [9.17, 15) is 9.59 Å². The van der Waals surface area contributed by atoms with Crippen LogP contribution in [0.5, 0.6) is 11.6 Å². The van der Waals surface area contributed by atoms with Gasteiger partial charge in [0.1, 0.15) is 17.9 Å². The van der Waals surface area contributed by atoms with Crippen LogP contribution in [0.4, 0.5) is 5.82 Å². The molecule has 1 aromatic heterocycles. The molecule has 0 aliphatic carbocycles. The van der Waals surface area contributed by atoms with E-state index in [0.29, 0.717) is 23.7 Å². The molecule has 0 fully saturated rings. The number of carbonyl (C=O) groups is 2. The fourth-order valence-electron chi connectivity index (χ4n) is 2.32. The van der Waals surface area contributed by atoms with E-state index in [4.69, 9.17) is 4.74 Å². The summed E-state index contributed by atoms with van der Waals surface area (Å²) in [5.74, 6) is 0.757. The average Bonchev–Trinajstić information content (AvgIpc) is 2.67. The molecular formula is C20H18N4O3. The number of hydrogen-bond donors (Lipinski definition) is 2. The van der Waals surface area contributed by atoms with Gasteiger partial charge in [-0.1, -0.05) is 30.3 Å². The lowest BCUT2D eigenvalue weighted by Crippen LogP contribution is -2.22. The molecule has 27 heavy (non-hydrogen) atoms. The molecule has 0 spiro atoms. The van der Waals surface area contributed by atoms with E-state index in [0.717, 1.165) is 5.56 Å². The van der Waals surface area contributed by atoms with E-state index in [1.807, 2.05) is 30.3 Å². The van der Waals surface area contributed by atoms with Crippen molar-refractivity contribution in [1.29, 1.82) is 0 Å². The van der Waals surface area contributed by atoms with Crippen LogP contribution in [0.3, 0.4) is 0 Å². The molecule has 1 heterocycles. The van der Waals surface area contributed by atoms with Crippen LogP contribution in [0.2, 0.25) is 0 Å². The Morgan fingerprint density at radius 3 is 2.44 bits per heavy atom. The third-order valence-electron chi connectivity index (χ3n) is 3.58. The summed E-state index contributed by atoms with van der Waals surface area (Å²) in [6.45, 7) is 1.86. The molecule has 0 aliphatic rings. The fourth-order valence-corrected chi connectivity index (χ4v) is 2.32. The quantitative estimate of drug-likeness (QED) is 0.703. The minimum absolute atomic E-state index is 0.166. The first-order chi connectivity index (χ1) is 13.1. The lowest BCUT2D eigenvalue weighted by molar-refractivity contribution is -0.114. The highest BCUT2D eigenvalue weighted by molar-refractivity contribution is 5.94. The summed E-state index contributed by atoms with van der Waals surface area (Å²) in [4.78, 5) is 31.2. The first kappa shape index (κ1) is 18.1. The Balaban J connectivity index is 1.60. The summed E-state index contributed by atoms with van der Waals surface area (Å²) < 4.78 is 5.63. The largest absolute Gasteiger partial charge is 0.439 e. The second kappa shape index (κ2) is 8.57. The number of nitrogens with zero attached hydrogens (tertiary/aromatic N) is 2. The number of hydrogen-bond acceptors (Lipinski definition) is 5. The van der Waals surface area contributed by atoms with Crippen LogP contribution in [0.25, 0.3) is 0 Å². The first-order valence-corrected chi connectivity index (χ1v) is 8.30. The van der Waals surface area contributed by atoms with E-state index < -0.39 is 0 Å². The van der Waals surface area contributed by atoms with Gasteiger partial charge in [-0.2, -0.15) is 0 Å². The van der Waals surface area contributed by atoms with E-state index >= 15 is 0 Å². The topological polar surface area (TPSA) is 93.2 Å². The molecule has 0 aliphatic heterocycles. The Hall–Kier alpha value is -3.74. The Morgan fingerprint density at radius 1 is 1.00 bits per heavy atom. The third kappa shape index (κ3) is 5.37. The number of aromatic nitrogens is 2. The number of ether oxygens (including phenoxy) is 1. The molecule has 7 nitrogen and oxygen atoms in total. The van der Waals surface area contributed by atoms with Gasteiger partial charge in [-0.15, -0.1) is 0 Å². The molecule has 3 aromatic rings. The Kier molecular flexibility index (Phi) is 5.73. The van der Waals surface area contributed by atoms with Crippen molar-refractivity contribution < 1.29 is 14.3 Å². The molecule has 2 aromatic carbocycles. The van der Waals surface area contributed by atoms with Gasteiger partial charge in [-0.3, -0.25) is 9.59 Å². The van der Waals surface area contributed by atoms with Crippen molar-refractivity contribution in [2.45, 2.75) is 13.5 Å². The van der Waals surface area contributed by atoms with Crippen LogP contribution in [0.1, 0.15) is 22.8 Å². The fraction of sp³-hybridized carbons (Fsp3) is 0.100. The van der Waals surface area contributed by atoms with Crippen LogP contribution < -0.4 is 15.4 Å². The number of anilines is 1. The summed E-state index contributed by atoms with van der Waals surface area (Å²) in [6, 6.07) is 17.9. The number of carbonyl (C=O) groups excluding carboxylic acids is 2. The van der Waals surface area contributed by atoms with Crippen molar-refractivity contribution in [3.05, 3.63) is 78.1 Å². The van der Waals surface area contributed by atoms with Crippen molar-refractivity contribution in [2.24, 2.45) is 0 Å². The molecule has 2 amide bonds. The first-order valence-electron chi connectivity index (χ1n) is 8.30. The van der Waals surface area contributed by atoms with Gasteiger partial charge < -0.3 is 15.4 Å². The van der Waals surface area contributed by atoms with Crippen LogP contribution in [0, 0.1) is 0 Å². The Labute approximate surface area is 156 Å². The summed E-state index contributed by atoms with van der Waals surface area (Å²) >= 11 is 0. The zero-order valence-electron chi connectivity index (χ0n) is 14.7. The zero-order valence-corrected chi connectivity index (χ0v) is 14.7. The highest BCUT2D eigenvalue weighted by Crippen LogP contribution is 2.21. The molecule has 136 valence electrons. The van der Waals surface area contributed by atoms with Crippen molar-refractivity contribution in [3.8, 4) is 11.6 Å². The second-order valence-corrected chi connectivity index (χ2v) is 5.72. The highest BCUT2D eigenvalue weighted by Gasteiger charge is 2.07. The SMILES string of the molecule is CC(=O)Nc1cc(Oc2ccc(C(=O)NCc3ccccc3)cc2)ncn1. The molecule has 0 saturated carbocycles. The normalized spacial score (nSPS) is 10.1. The maximum atomic E-state index is 12.2. The van der Waals surface area contributed by atoms with Gasteiger partial charge in [0, 0.05) is 25.1 Å². The minimum Gasteiger partial charge on any atom is -0.439 e. The van der Waals surface area contributed by atoms with Gasteiger partial charge in [0.05, 0.1) is 0 Å². The third-order valence-corrected chi connectivity index (χ3v) is 3.58. The van der Waals surface area contributed by atoms with Crippen LogP contribution in [-0.2, 0) is 11.3 Å². The lowest BCUT2D eigenvalue weighted by Gasteiger charge is -2.08. The Morgan fingerprint density at radius 2 is 1.74 bits per heavy atom. The zero-order chi connectivity index (χ0) is 19.1. The van der Waals surface area contributed by atoms with Gasteiger partial charge >= 0.3 is 0 Å².